The molecule has 0 spiro atoms. The van der Waals surface area contributed by atoms with Crippen LogP contribution in [0.3, 0.4) is 0 Å². The summed E-state index contributed by atoms with van der Waals surface area (Å²) >= 11 is 3.50. The average molecular weight is 468 g/mol. The van der Waals surface area contributed by atoms with Crippen molar-refractivity contribution in [2.24, 2.45) is 0 Å². The molecule has 3 aromatic rings. The van der Waals surface area contributed by atoms with Gasteiger partial charge >= 0.3 is 0 Å². The third-order valence-electron chi connectivity index (χ3n) is 5.23. The molecule has 1 aliphatic heterocycles. The lowest BCUT2D eigenvalue weighted by Gasteiger charge is -2.23. The monoisotopic (exact) mass is 467 g/mol. The van der Waals surface area contributed by atoms with Crippen molar-refractivity contribution in [3.05, 3.63) is 71.5 Å². The number of hydrogen-bond acceptors (Lipinski definition) is 4. The first kappa shape index (κ1) is 20.5. The first-order chi connectivity index (χ1) is 14.7. The summed E-state index contributed by atoms with van der Waals surface area (Å²) in [6.45, 7) is 1.27. The smallest absolute Gasteiger partial charge is 0.272 e. The minimum atomic E-state index is -0.294. The van der Waals surface area contributed by atoms with Gasteiger partial charge in [-0.2, -0.15) is 0 Å². The Kier molecular flexibility index (Phi) is 6.40. The average Bonchev–Trinajstić information content (AvgIpc) is 2.79. The van der Waals surface area contributed by atoms with Crippen molar-refractivity contribution in [1.82, 2.24) is 10.3 Å². The second-order valence-electron chi connectivity index (χ2n) is 7.17. The van der Waals surface area contributed by atoms with Gasteiger partial charge in [-0.25, -0.2) is 4.98 Å². The molecule has 1 fully saturated rings. The topological polar surface area (TPSA) is 80.3 Å². The molecule has 2 aromatic carbocycles. The first-order valence-corrected chi connectivity index (χ1v) is 11.0. The molecule has 0 unspecified atom stereocenters. The molecule has 0 saturated carbocycles. The van der Waals surface area contributed by atoms with E-state index in [0.717, 1.165) is 29.2 Å². The molecule has 1 aromatic heterocycles. The van der Waals surface area contributed by atoms with E-state index < -0.39 is 0 Å². The summed E-state index contributed by atoms with van der Waals surface area (Å²) in [6, 6.07) is 15.0. The highest BCUT2D eigenvalue weighted by atomic mass is 79.9. The van der Waals surface area contributed by atoms with Crippen molar-refractivity contribution >= 4 is 44.2 Å². The zero-order valence-corrected chi connectivity index (χ0v) is 17.9. The van der Waals surface area contributed by atoms with E-state index in [1.165, 1.54) is 0 Å². The van der Waals surface area contributed by atoms with E-state index in [0.29, 0.717) is 29.8 Å². The van der Waals surface area contributed by atoms with Crippen LogP contribution in [-0.4, -0.2) is 36.1 Å². The van der Waals surface area contributed by atoms with Gasteiger partial charge in [0, 0.05) is 36.3 Å². The first-order valence-electron chi connectivity index (χ1n) is 9.89. The Balaban J connectivity index is 1.59. The van der Waals surface area contributed by atoms with Crippen LogP contribution < -0.4 is 10.6 Å². The highest BCUT2D eigenvalue weighted by Gasteiger charge is 2.21. The number of amides is 2. The van der Waals surface area contributed by atoms with Crippen molar-refractivity contribution in [2.45, 2.75) is 24.2 Å². The predicted octanol–water partition coefficient (Wildman–Crippen LogP) is 4.29. The van der Waals surface area contributed by atoms with Crippen LogP contribution in [0.15, 0.2) is 54.7 Å². The number of halogens is 1. The molecule has 1 saturated heterocycles. The van der Waals surface area contributed by atoms with Crippen molar-refractivity contribution in [1.29, 1.82) is 0 Å². The summed E-state index contributed by atoms with van der Waals surface area (Å²) in [6.07, 6.45) is 3.09. The van der Waals surface area contributed by atoms with E-state index in [4.69, 9.17) is 4.74 Å². The normalized spacial score (nSPS) is 14.4. The van der Waals surface area contributed by atoms with Gasteiger partial charge in [0.25, 0.3) is 11.8 Å². The number of carbonyl (C=O) groups excluding carboxylic acids is 2. The minimum Gasteiger partial charge on any atom is -0.381 e. The van der Waals surface area contributed by atoms with Crippen LogP contribution in [0.25, 0.3) is 10.8 Å². The van der Waals surface area contributed by atoms with Crippen LogP contribution in [0.4, 0.5) is 5.69 Å². The molecule has 0 atom stereocenters. The molecule has 0 radical (unpaired) electrons. The molecule has 0 aliphatic carbocycles. The molecule has 2 heterocycles. The summed E-state index contributed by atoms with van der Waals surface area (Å²) < 4.78 is 5.34. The Hall–Kier alpha value is -2.77. The Morgan fingerprint density at radius 1 is 1.00 bits per heavy atom. The number of benzene rings is 2. The fourth-order valence-corrected chi connectivity index (χ4v) is 4.14. The Morgan fingerprint density at radius 2 is 1.77 bits per heavy atom. The van der Waals surface area contributed by atoms with Gasteiger partial charge in [-0.1, -0.05) is 46.3 Å². The summed E-state index contributed by atoms with van der Waals surface area (Å²) in [4.78, 5) is 30.1. The van der Waals surface area contributed by atoms with Gasteiger partial charge in [0.1, 0.15) is 0 Å². The Morgan fingerprint density at radius 3 is 2.53 bits per heavy atom. The van der Waals surface area contributed by atoms with Crippen molar-refractivity contribution in [3.8, 4) is 0 Å². The maximum atomic E-state index is 13.1. The van der Waals surface area contributed by atoms with Gasteiger partial charge in [-0.05, 0) is 47.4 Å². The van der Waals surface area contributed by atoms with Crippen LogP contribution in [0.2, 0.25) is 0 Å². The van der Waals surface area contributed by atoms with Crippen LogP contribution in [0, 0.1) is 0 Å². The maximum Gasteiger partial charge on any atom is 0.272 e. The summed E-state index contributed by atoms with van der Waals surface area (Å²) in [7, 11) is 0. The van der Waals surface area contributed by atoms with Gasteiger partial charge in [-0.15, -0.1) is 0 Å². The number of fused-ring (bicyclic) bond motifs is 1. The lowest BCUT2D eigenvalue weighted by molar-refractivity contribution is 0.0694. The fourth-order valence-electron chi connectivity index (χ4n) is 3.65. The van der Waals surface area contributed by atoms with E-state index >= 15 is 0 Å². The molecular formula is C23H22BrN3O3. The van der Waals surface area contributed by atoms with E-state index in [1.807, 2.05) is 36.4 Å². The minimum absolute atomic E-state index is 0.0533. The van der Waals surface area contributed by atoms with E-state index in [1.54, 1.807) is 18.3 Å². The van der Waals surface area contributed by atoms with E-state index in [9.17, 15) is 9.59 Å². The van der Waals surface area contributed by atoms with Crippen LogP contribution >= 0.6 is 15.9 Å². The molecule has 7 heteroatoms. The second kappa shape index (κ2) is 9.36. The van der Waals surface area contributed by atoms with Gasteiger partial charge in [0.05, 0.1) is 5.69 Å². The number of ether oxygens (including phenoxy) is 1. The van der Waals surface area contributed by atoms with Gasteiger partial charge < -0.3 is 15.4 Å². The summed E-state index contributed by atoms with van der Waals surface area (Å²) in [5, 5.41) is 8.46. The van der Waals surface area contributed by atoms with E-state index in [2.05, 4.69) is 31.5 Å². The number of hydrogen-bond donors (Lipinski definition) is 2. The van der Waals surface area contributed by atoms with Crippen LogP contribution in [-0.2, 0) is 10.1 Å². The largest absolute Gasteiger partial charge is 0.381 e. The lowest BCUT2D eigenvalue weighted by Crippen LogP contribution is -2.39. The lowest BCUT2D eigenvalue weighted by atomic mass is 10.00. The molecule has 30 heavy (non-hydrogen) atoms. The highest BCUT2D eigenvalue weighted by molar-refractivity contribution is 9.08. The molecule has 1 aliphatic rings. The number of nitrogens with one attached hydrogen (secondary N) is 2. The SMILES string of the molecule is O=C(NC1CCOCC1)c1ncccc1NC(=O)c1ccc(CBr)c2ccccc12. The highest BCUT2D eigenvalue weighted by Crippen LogP contribution is 2.26. The summed E-state index contributed by atoms with van der Waals surface area (Å²) in [5.41, 5.74) is 2.26. The van der Waals surface area contributed by atoms with Gasteiger partial charge in [0.15, 0.2) is 5.69 Å². The molecule has 154 valence electrons. The number of carbonyl (C=O) groups is 2. The zero-order chi connectivity index (χ0) is 20.9. The molecule has 0 bridgehead atoms. The predicted molar refractivity (Wildman–Crippen MR) is 120 cm³/mol. The number of pyridine rings is 1. The maximum absolute atomic E-state index is 13.1. The number of nitrogens with zero attached hydrogens (tertiary/aromatic N) is 1. The van der Waals surface area contributed by atoms with Crippen LogP contribution in [0.1, 0.15) is 39.3 Å². The molecule has 2 N–H and O–H groups in total. The van der Waals surface area contributed by atoms with Crippen molar-refractivity contribution in [3.63, 3.8) is 0 Å². The van der Waals surface area contributed by atoms with E-state index in [-0.39, 0.29) is 23.6 Å². The molecule has 4 rings (SSSR count). The molecule has 6 nitrogen and oxygen atoms in total. The van der Waals surface area contributed by atoms with Gasteiger partial charge in [0.2, 0.25) is 0 Å². The number of anilines is 1. The zero-order valence-electron chi connectivity index (χ0n) is 16.4. The molecular weight excluding hydrogens is 446 g/mol. The Bertz CT molecular complexity index is 1080. The molecule has 2 amide bonds. The summed E-state index contributed by atoms with van der Waals surface area (Å²) in [5.74, 6) is -0.572. The van der Waals surface area contributed by atoms with Crippen LogP contribution in [0.5, 0.6) is 0 Å². The number of aromatic nitrogens is 1. The third kappa shape index (κ3) is 4.37. The quantitative estimate of drug-likeness (QED) is 0.548. The second-order valence-corrected chi connectivity index (χ2v) is 7.73. The fraction of sp³-hybridized carbons (Fsp3) is 0.261. The number of rotatable bonds is 5. The standard InChI is InChI=1S/C23H22BrN3O3/c24-14-15-7-8-19(18-5-2-1-4-17(15)18)22(28)27-20-6-3-11-25-21(20)23(29)26-16-9-12-30-13-10-16/h1-8,11,16H,9-10,12-14H2,(H,26,29)(H,27,28). The number of alkyl halides is 1. The third-order valence-corrected chi connectivity index (χ3v) is 5.83. The van der Waals surface area contributed by atoms with Crippen molar-refractivity contribution < 1.29 is 14.3 Å². The van der Waals surface area contributed by atoms with Crippen molar-refractivity contribution in [2.75, 3.05) is 18.5 Å². The van der Waals surface area contributed by atoms with Gasteiger partial charge in [-0.3, -0.25) is 9.59 Å². The Labute approximate surface area is 183 Å².